The molecule has 1 N–H and O–H groups in total. The first-order valence-corrected chi connectivity index (χ1v) is 5.36. The van der Waals surface area contributed by atoms with Gasteiger partial charge in [-0.15, -0.1) is 0 Å². The van der Waals surface area contributed by atoms with E-state index in [0.29, 0.717) is 18.6 Å². The summed E-state index contributed by atoms with van der Waals surface area (Å²) in [6, 6.07) is 1.87. The molecule has 0 aliphatic rings. The lowest BCUT2D eigenvalue weighted by Gasteiger charge is -2.11. The summed E-state index contributed by atoms with van der Waals surface area (Å²) >= 11 is 0. The summed E-state index contributed by atoms with van der Waals surface area (Å²) in [5.41, 5.74) is -1.69. The summed E-state index contributed by atoms with van der Waals surface area (Å²) in [7, 11) is 0. The van der Waals surface area contributed by atoms with E-state index in [1.165, 1.54) is 0 Å². The van der Waals surface area contributed by atoms with E-state index in [4.69, 9.17) is 0 Å². The molecule has 18 heavy (non-hydrogen) atoms. The minimum Gasteiger partial charge on any atom is -0.385 e. The van der Waals surface area contributed by atoms with E-state index in [2.05, 4.69) is 0 Å². The Balaban J connectivity index is 3.01. The highest BCUT2D eigenvalue weighted by Gasteiger charge is 2.34. The van der Waals surface area contributed by atoms with Gasteiger partial charge in [0.05, 0.1) is 5.56 Å². The van der Waals surface area contributed by atoms with E-state index < -0.39 is 29.4 Å². The van der Waals surface area contributed by atoms with E-state index >= 15 is 0 Å². The zero-order valence-corrected chi connectivity index (χ0v) is 9.59. The number of alkyl halides is 3. The molecule has 0 bridgehead atoms. The number of carbonyl (C=O) groups is 1. The Morgan fingerprint density at radius 3 is 2.44 bits per heavy atom. The van der Waals surface area contributed by atoms with Gasteiger partial charge in [-0.25, -0.2) is 4.39 Å². The Kier molecular flexibility index (Phi) is 4.45. The Morgan fingerprint density at radius 2 is 2.00 bits per heavy atom. The number of hydrogen-bond donors (Lipinski definition) is 1. The van der Waals surface area contributed by atoms with Crippen LogP contribution in [0.15, 0.2) is 18.2 Å². The number of aliphatic hydroxyl groups excluding tert-OH is 1. The first-order chi connectivity index (χ1) is 8.27. The summed E-state index contributed by atoms with van der Waals surface area (Å²) in [6.07, 6.45) is -5.39. The van der Waals surface area contributed by atoms with E-state index in [-0.39, 0.29) is 12.0 Å². The average Bonchev–Trinajstić information content (AvgIpc) is 2.26. The molecule has 0 aliphatic heterocycles. The molecule has 100 valence electrons. The predicted octanol–water partition coefficient (Wildman–Crippen LogP) is 3.19. The molecule has 0 aliphatic carbocycles. The Labute approximate surface area is 101 Å². The third-order valence-corrected chi connectivity index (χ3v) is 2.42. The van der Waals surface area contributed by atoms with Crippen LogP contribution < -0.4 is 0 Å². The van der Waals surface area contributed by atoms with Crippen molar-refractivity contribution in [2.75, 3.05) is 0 Å². The summed E-state index contributed by atoms with van der Waals surface area (Å²) in [5.74, 6) is -2.29. The maximum absolute atomic E-state index is 13.2. The summed E-state index contributed by atoms with van der Waals surface area (Å²) in [5, 5.41) is 9.40. The number of hydrogen-bond acceptors (Lipinski definition) is 2. The van der Waals surface area contributed by atoms with Gasteiger partial charge in [0.1, 0.15) is 11.9 Å². The molecule has 0 radical (unpaired) electrons. The van der Waals surface area contributed by atoms with Gasteiger partial charge in [-0.1, -0.05) is 19.4 Å². The number of halogens is 4. The third-order valence-electron chi connectivity index (χ3n) is 2.42. The second-order valence-electron chi connectivity index (χ2n) is 3.86. The molecule has 1 aromatic rings. The lowest BCUT2D eigenvalue weighted by Crippen LogP contribution is -2.20. The number of benzene rings is 1. The number of ketones is 1. The molecule has 1 aromatic carbocycles. The molecule has 1 rings (SSSR count). The fraction of sp³-hybridized carbons (Fsp3) is 0.417. The van der Waals surface area contributed by atoms with Crippen LogP contribution in [-0.2, 0) is 6.18 Å². The highest BCUT2D eigenvalue weighted by molar-refractivity contribution is 5.99. The van der Waals surface area contributed by atoms with Crippen LogP contribution in [0.1, 0.15) is 35.7 Å². The minimum absolute atomic E-state index is 0.182. The van der Waals surface area contributed by atoms with Crippen LogP contribution in [-0.4, -0.2) is 17.0 Å². The van der Waals surface area contributed by atoms with Crippen LogP contribution in [0.5, 0.6) is 0 Å². The standard InChI is InChI=1S/C12H12F4O2/c1-2-3-10(17)11(18)7-4-5-8(9(13)6-7)12(14,15)16/h4-6,10,17H,2-3H2,1H3. The Bertz CT molecular complexity index is 440. The van der Waals surface area contributed by atoms with Gasteiger partial charge in [0.25, 0.3) is 0 Å². The summed E-state index contributed by atoms with van der Waals surface area (Å²) in [4.78, 5) is 11.5. The molecule has 0 aromatic heterocycles. The van der Waals surface area contributed by atoms with Gasteiger partial charge >= 0.3 is 6.18 Å². The number of aliphatic hydroxyl groups is 1. The third kappa shape index (κ3) is 3.29. The highest BCUT2D eigenvalue weighted by atomic mass is 19.4. The molecule has 6 heteroatoms. The molecular formula is C12H12F4O2. The van der Waals surface area contributed by atoms with Crippen LogP contribution >= 0.6 is 0 Å². The van der Waals surface area contributed by atoms with Gasteiger partial charge in [-0.2, -0.15) is 13.2 Å². The van der Waals surface area contributed by atoms with Gasteiger partial charge < -0.3 is 5.11 Å². The van der Waals surface area contributed by atoms with Crippen molar-refractivity contribution in [3.05, 3.63) is 35.1 Å². The van der Waals surface area contributed by atoms with Crippen LogP contribution in [0, 0.1) is 5.82 Å². The molecular weight excluding hydrogens is 252 g/mol. The van der Waals surface area contributed by atoms with Crippen LogP contribution in [0.4, 0.5) is 17.6 Å². The van der Waals surface area contributed by atoms with E-state index in [9.17, 15) is 27.5 Å². The van der Waals surface area contributed by atoms with Gasteiger partial charge in [0.15, 0.2) is 5.78 Å². The molecule has 1 atom stereocenters. The monoisotopic (exact) mass is 264 g/mol. The lowest BCUT2D eigenvalue weighted by molar-refractivity contribution is -0.140. The second kappa shape index (κ2) is 5.48. The highest BCUT2D eigenvalue weighted by Crippen LogP contribution is 2.31. The Hall–Kier alpha value is -1.43. The quantitative estimate of drug-likeness (QED) is 0.669. The van der Waals surface area contributed by atoms with Crippen molar-refractivity contribution in [3.63, 3.8) is 0 Å². The normalized spacial score (nSPS) is 13.4. The molecule has 0 saturated heterocycles. The molecule has 0 heterocycles. The zero-order chi connectivity index (χ0) is 13.9. The molecule has 0 fully saturated rings. The molecule has 1 unspecified atom stereocenters. The van der Waals surface area contributed by atoms with Crippen molar-refractivity contribution in [2.45, 2.75) is 32.0 Å². The number of Topliss-reactive ketones (excluding diaryl/α,β-unsaturated/α-hetero) is 1. The van der Waals surface area contributed by atoms with Crippen molar-refractivity contribution < 1.29 is 27.5 Å². The fourth-order valence-corrected chi connectivity index (χ4v) is 1.50. The average molecular weight is 264 g/mol. The van der Waals surface area contributed by atoms with Crippen LogP contribution in [0.25, 0.3) is 0 Å². The van der Waals surface area contributed by atoms with E-state index in [0.717, 1.165) is 6.07 Å². The van der Waals surface area contributed by atoms with Crippen LogP contribution in [0.3, 0.4) is 0 Å². The molecule has 0 saturated carbocycles. The first kappa shape index (κ1) is 14.6. The number of rotatable bonds is 4. The van der Waals surface area contributed by atoms with Crippen molar-refractivity contribution in [1.29, 1.82) is 0 Å². The van der Waals surface area contributed by atoms with Crippen molar-refractivity contribution >= 4 is 5.78 Å². The molecule has 0 spiro atoms. The van der Waals surface area contributed by atoms with Gasteiger partial charge in [0.2, 0.25) is 0 Å². The van der Waals surface area contributed by atoms with Crippen LogP contribution in [0.2, 0.25) is 0 Å². The predicted molar refractivity (Wildman–Crippen MR) is 56.6 cm³/mol. The second-order valence-corrected chi connectivity index (χ2v) is 3.86. The van der Waals surface area contributed by atoms with Gasteiger partial charge in [-0.3, -0.25) is 4.79 Å². The summed E-state index contributed by atoms with van der Waals surface area (Å²) < 4.78 is 50.1. The molecule has 2 nitrogen and oxygen atoms in total. The summed E-state index contributed by atoms with van der Waals surface area (Å²) in [6.45, 7) is 1.74. The van der Waals surface area contributed by atoms with E-state index in [1.54, 1.807) is 6.92 Å². The minimum atomic E-state index is -4.80. The lowest BCUT2D eigenvalue weighted by atomic mass is 10.0. The van der Waals surface area contributed by atoms with Crippen molar-refractivity contribution in [1.82, 2.24) is 0 Å². The van der Waals surface area contributed by atoms with Crippen molar-refractivity contribution in [3.8, 4) is 0 Å². The number of carbonyl (C=O) groups excluding carboxylic acids is 1. The maximum Gasteiger partial charge on any atom is 0.419 e. The van der Waals surface area contributed by atoms with Crippen molar-refractivity contribution in [2.24, 2.45) is 0 Å². The molecule has 0 amide bonds. The zero-order valence-electron chi connectivity index (χ0n) is 9.59. The van der Waals surface area contributed by atoms with Gasteiger partial charge in [-0.05, 0) is 18.6 Å². The topological polar surface area (TPSA) is 37.3 Å². The largest absolute Gasteiger partial charge is 0.419 e. The smallest absolute Gasteiger partial charge is 0.385 e. The SMILES string of the molecule is CCCC(O)C(=O)c1ccc(C(F)(F)F)c(F)c1. The maximum atomic E-state index is 13.2. The first-order valence-electron chi connectivity index (χ1n) is 5.36. The fourth-order valence-electron chi connectivity index (χ4n) is 1.50. The van der Waals surface area contributed by atoms with Gasteiger partial charge in [0, 0.05) is 5.56 Å². The van der Waals surface area contributed by atoms with E-state index in [1.807, 2.05) is 0 Å². The Morgan fingerprint density at radius 1 is 1.39 bits per heavy atom.